The summed E-state index contributed by atoms with van der Waals surface area (Å²) >= 11 is 1.54. The standard InChI is InChI=1S/C19H27NO5S/c1-19(2,3)25-18(23)20-12-5-7-13(8-6-12)24-16-11-14(26-4)9-10-15(16)17(21)22/h9-13H,5-8H2,1-4H3,(H,20,23)(H,21,22)/t12-,13-. The normalized spacial score (nSPS) is 20.3. The number of carbonyl (C=O) groups is 2. The van der Waals surface area contributed by atoms with Gasteiger partial charge >= 0.3 is 12.1 Å². The van der Waals surface area contributed by atoms with Crippen molar-refractivity contribution in [3.05, 3.63) is 23.8 Å². The summed E-state index contributed by atoms with van der Waals surface area (Å²) in [6.45, 7) is 5.50. The number of thioether (sulfide) groups is 1. The average Bonchev–Trinajstić information content (AvgIpc) is 2.54. The molecule has 0 radical (unpaired) electrons. The monoisotopic (exact) mass is 381 g/mol. The summed E-state index contributed by atoms with van der Waals surface area (Å²) in [5.74, 6) is -0.583. The largest absolute Gasteiger partial charge is 0.489 e. The van der Waals surface area contributed by atoms with Crippen LogP contribution in [0.25, 0.3) is 0 Å². The summed E-state index contributed by atoms with van der Waals surface area (Å²) in [5, 5.41) is 12.2. The first-order valence-electron chi connectivity index (χ1n) is 8.75. The van der Waals surface area contributed by atoms with Crippen LogP contribution in [0.2, 0.25) is 0 Å². The highest BCUT2D eigenvalue weighted by Crippen LogP contribution is 2.30. The molecule has 1 saturated carbocycles. The molecule has 0 saturated heterocycles. The summed E-state index contributed by atoms with van der Waals surface area (Å²) in [6.07, 6.45) is 4.53. The molecule has 0 aromatic heterocycles. The lowest BCUT2D eigenvalue weighted by atomic mass is 9.93. The molecule has 1 aliphatic carbocycles. The molecule has 1 aromatic carbocycles. The summed E-state index contributed by atoms with van der Waals surface area (Å²) in [6, 6.07) is 5.20. The van der Waals surface area contributed by atoms with Crippen LogP contribution in [0.5, 0.6) is 5.75 Å². The quantitative estimate of drug-likeness (QED) is 0.739. The van der Waals surface area contributed by atoms with Crippen LogP contribution in [0, 0.1) is 0 Å². The van der Waals surface area contributed by atoms with Gasteiger partial charge in [-0.15, -0.1) is 11.8 Å². The second kappa shape index (κ2) is 8.66. The average molecular weight is 381 g/mol. The Bertz CT molecular complexity index is 648. The third-order valence-electron chi connectivity index (χ3n) is 4.11. The zero-order chi connectivity index (χ0) is 19.3. The van der Waals surface area contributed by atoms with Crippen LogP contribution in [0.4, 0.5) is 4.79 Å². The topological polar surface area (TPSA) is 84.9 Å². The number of hydrogen-bond acceptors (Lipinski definition) is 5. The lowest BCUT2D eigenvalue weighted by molar-refractivity contribution is 0.0467. The number of benzene rings is 1. The number of ether oxygens (including phenoxy) is 2. The van der Waals surface area contributed by atoms with Gasteiger partial charge in [0.15, 0.2) is 0 Å². The fraction of sp³-hybridized carbons (Fsp3) is 0.579. The minimum Gasteiger partial charge on any atom is -0.489 e. The number of carbonyl (C=O) groups excluding carboxylic acids is 1. The van der Waals surface area contributed by atoms with Crippen molar-refractivity contribution in [1.29, 1.82) is 0 Å². The smallest absolute Gasteiger partial charge is 0.407 e. The predicted molar refractivity (Wildman–Crippen MR) is 101 cm³/mol. The van der Waals surface area contributed by atoms with Crippen LogP contribution in [0.1, 0.15) is 56.8 Å². The molecule has 144 valence electrons. The molecule has 0 unspecified atom stereocenters. The third kappa shape index (κ3) is 6.12. The van der Waals surface area contributed by atoms with E-state index >= 15 is 0 Å². The van der Waals surface area contributed by atoms with Gasteiger partial charge < -0.3 is 19.9 Å². The second-order valence-corrected chi connectivity index (χ2v) is 8.28. The summed E-state index contributed by atoms with van der Waals surface area (Å²) < 4.78 is 11.3. The predicted octanol–water partition coefficient (Wildman–Crippen LogP) is 4.32. The molecule has 0 atom stereocenters. The fourth-order valence-electron chi connectivity index (χ4n) is 2.88. The number of aromatic carboxylic acids is 1. The highest BCUT2D eigenvalue weighted by atomic mass is 32.2. The van der Waals surface area contributed by atoms with Crippen molar-refractivity contribution in [2.24, 2.45) is 0 Å². The zero-order valence-electron chi connectivity index (χ0n) is 15.7. The van der Waals surface area contributed by atoms with Gasteiger partial charge in [0.25, 0.3) is 0 Å². The second-order valence-electron chi connectivity index (χ2n) is 7.40. The van der Waals surface area contributed by atoms with Crippen molar-refractivity contribution in [3.63, 3.8) is 0 Å². The Balaban J connectivity index is 1.91. The van der Waals surface area contributed by atoms with Crippen LogP contribution >= 0.6 is 11.8 Å². The van der Waals surface area contributed by atoms with Crippen molar-refractivity contribution >= 4 is 23.8 Å². The number of nitrogens with one attached hydrogen (secondary N) is 1. The van der Waals surface area contributed by atoms with E-state index in [2.05, 4.69) is 5.32 Å². The van der Waals surface area contributed by atoms with E-state index in [-0.39, 0.29) is 17.7 Å². The molecule has 7 heteroatoms. The molecule has 2 rings (SSSR count). The minimum atomic E-state index is -0.993. The van der Waals surface area contributed by atoms with Crippen LogP contribution in [0.3, 0.4) is 0 Å². The van der Waals surface area contributed by atoms with E-state index in [4.69, 9.17) is 9.47 Å². The molecule has 6 nitrogen and oxygen atoms in total. The van der Waals surface area contributed by atoms with Gasteiger partial charge in [-0.25, -0.2) is 9.59 Å². The van der Waals surface area contributed by atoms with Crippen LogP contribution in [0.15, 0.2) is 23.1 Å². The SMILES string of the molecule is CSc1ccc(C(=O)O)c(O[C@H]2CC[C@H](NC(=O)OC(C)(C)C)CC2)c1. The Morgan fingerprint density at radius 2 is 1.85 bits per heavy atom. The van der Waals surface area contributed by atoms with Crippen molar-refractivity contribution < 1.29 is 24.2 Å². The van der Waals surface area contributed by atoms with E-state index in [1.165, 1.54) is 0 Å². The van der Waals surface area contributed by atoms with Gasteiger partial charge in [0.2, 0.25) is 0 Å². The van der Waals surface area contributed by atoms with Gasteiger partial charge in [-0.2, -0.15) is 0 Å². The van der Waals surface area contributed by atoms with Crippen LogP contribution < -0.4 is 10.1 Å². The maximum Gasteiger partial charge on any atom is 0.407 e. The maximum absolute atomic E-state index is 11.9. The molecular formula is C19H27NO5S. The number of carboxylic acid groups (broad SMARTS) is 1. The van der Waals surface area contributed by atoms with Gasteiger partial charge in [-0.1, -0.05) is 0 Å². The van der Waals surface area contributed by atoms with Crippen LogP contribution in [-0.2, 0) is 4.74 Å². The summed E-state index contributed by atoms with van der Waals surface area (Å²) in [5.41, 5.74) is -0.336. The van der Waals surface area contributed by atoms with Gasteiger partial charge in [0.1, 0.15) is 16.9 Å². The molecule has 1 fully saturated rings. The van der Waals surface area contributed by atoms with E-state index in [0.717, 1.165) is 30.6 Å². The van der Waals surface area contributed by atoms with Crippen molar-refractivity contribution in [2.45, 2.75) is 69.1 Å². The summed E-state index contributed by atoms with van der Waals surface area (Å²) in [7, 11) is 0. The van der Waals surface area contributed by atoms with Gasteiger partial charge in [-0.3, -0.25) is 0 Å². The van der Waals surface area contributed by atoms with E-state index < -0.39 is 17.7 Å². The van der Waals surface area contributed by atoms with E-state index in [1.54, 1.807) is 30.0 Å². The molecule has 0 aliphatic heterocycles. The molecule has 26 heavy (non-hydrogen) atoms. The first-order valence-corrected chi connectivity index (χ1v) is 9.98. The molecule has 0 bridgehead atoms. The molecule has 0 spiro atoms. The third-order valence-corrected chi connectivity index (χ3v) is 4.83. The van der Waals surface area contributed by atoms with E-state index in [1.807, 2.05) is 27.0 Å². The molecule has 1 amide bonds. The Morgan fingerprint density at radius 1 is 1.19 bits per heavy atom. The summed E-state index contributed by atoms with van der Waals surface area (Å²) in [4.78, 5) is 24.2. The van der Waals surface area contributed by atoms with Gasteiger partial charge in [-0.05, 0) is 70.9 Å². The number of hydrogen-bond donors (Lipinski definition) is 2. The van der Waals surface area contributed by atoms with Gasteiger partial charge in [0, 0.05) is 10.9 Å². The molecule has 2 N–H and O–H groups in total. The van der Waals surface area contributed by atoms with E-state index in [0.29, 0.717) is 5.75 Å². The Morgan fingerprint density at radius 3 is 2.38 bits per heavy atom. The zero-order valence-corrected chi connectivity index (χ0v) is 16.5. The molecule has 1 aliphatic rings. The van der Waals surface area contributed by atoms with Crippen molar-refractivity contribution in [1.82, 2.24) is 5.32 Å². The minimum absolute atomic E-state index is 0.0538. The molecular weight excluding hydrogens is 354 g/mol. The Hall–Kier alpha value is -1.89. The lowest BCUT2D eigenvalue weighted by Crippen LogP contribution is -2.42. The van der Waals surface area contributed by atoms with E-state index in [9.17, 15) is 14.7 Å². The lowest BCUT2D eigenvalue weighted by Gasteiger charge is -2.30. The van der Waals surface area contributed by atoms with Crippen molar-refractivity contribution in [3.8, 4) is 5.75 Å². The molecule has 1 aromatic rings. The Labute approximate surface area is 158 Å². The number of amides is 1. The number of rotatable bonds is 5. The van der Waals surface area contributed by atoms with Gasteiger partial charge in [0.05, 0.1) is 6.10 Å². The Kier molecular flexibility index (Phi) is 6.81. The fourth-order valence-corrected chi connectivity index (χ4v) is 3.31. The first kappa shape index (κ1) is 20.4. The maximum atomic E-state index is 11.9. The molecule has 0 heterocycles. The highest BCUT2D eigenvalue weighted by molar-refractivity contribution is 7.98. The van der Waals surface area contributed by atoms with Crippen molar-refractivity contribution in [2.75, 3.05) is 6.26 Å². The number of carboxylic acids is 1. The first-order chi connectivity index (χ1) is 12.2. The van der Waals surface area contributed by atoms with Crippen LogP contribution in [-0.4, -0.2) is 41.2 Å². The number of alkyl carbamates (subject to hydrolysis) is 1. The highest BCUT2D eigenvalue weighted by Gasteiger charge is 2.26.